The molecule has 1 unspecified atom stereocenters. The Morgan fingerprint density at radius 1 is 1.00 bits per heavy atom. The van der Waals surface area contributed by atoms with Crippen molar-refractivity contribution < 1.29 is 5.11 Å². The number of benzene rings is 1. The number of phenols is 1. The van der Waals surface area contributed by atoms with Gasteiger partial charge in [0.15, 0.2) is 0 Å². The molecule has 1 aromatic carbocycles. The van der Waals surface area contributed by atoms with E-state index in [1.807, 2.05) is 51.8 Å². The van der Waals surface area contributed by atoms with Gasteiger partial charge in [0.05, 0.1) is 0 Å². The second kappa shape index (κ2) is 19.7. The molecule has 0 amide bonds. The third-order valence-electron chi connectivity index (χ3n) is 3.97. The molecule has 2 nitrogen and oxygen atoms in total. The summed E-state index contributed by atoms with van der Waals surface area (Å²) in [6.45, 7) is 14.7. The van der Waals surface area contributed by atoms with Gasteiger partial charge in [-0.3, -0.25) is 4.72 Å². The molecule has 0 heterocycles. The molecule has 3 heteroatoms. The topological polar surface area (TPSA) is 32.3 Å². The average molecular weight is 370 g/mol. The summed E-state index contributed by atoms with van der Waals surface area (Å²) in [5.41, 5.74) is 1.29. The fourth-order valence-corrected chi connectivity index (χ4v) is 3.36. The van der Waals surface area contributed by atoms with Gasteiger partial charge in [-0.1, -0.05) is 91.8 Å². The van der Waals surface area contributed by atoms with Crippen LogP contribution in [0.25, 0.3) is 0 Å². The van der Waals surface area contributed by atoms with Gasteiger partial charge in [-0.05, 0) is 42.9 Å². The molecular formula is C22H43NOS. The number of phenolic OH excluding ortho intramolecular Hbond substituents is 1. The Morgan fingerprint density at radius 2 is 1.56 bits per heavy atom. The van der Waals surface area contributed by atoms with E-state index in [9.17, 15) is 0 Å². The monoisotopic (exact) mass is 369 g/mol. The second-order valence-electron chi connectivity index (χ2n) is 5.84. The maximum Gasteiger partial charge on any atom is 0.115 e. The Bertz CT molecular complexity index is 367. The molecule has 148 valence electrons. The van der Waals surface area contributed by atoms with Gasteiger partial charge in [0.25, 0.3) is 0 Å². The summed E-state index contributed by atoms with van der Waals surface area (Å²) in [6.07, 6.45) is 7.92. The highest BCUT2D eigenvalue weighted by molar-refractivity contribution is 7.97. The average Bonchev–Trinajstić information content (AvgIpc) is 2.67. The number of hydrogen-bond donors (Lipinski definition) is 2. The number of hydrogen-bond acceptors (Lipinski definition) is 3. The van der Waals surface area contributed by atoms with E-state index in [0.29, 0.717) is 5.75 Å². The zero-order chi connectivity index (χ0) is 19.5. The molecular weight excluding hydrogens is 326 g/mol. The van der Waals surface area contributed by atoms with Crippen molar-refractivity contribution in [2.24, 2.45) is 5.92 Å². The smallest absolute Gasteiger partial charge is 0.115 e. The van der Waals surface area contributed by atoms with Gasteiger partial charge >= 0.3 is 0 Å². The zero-order valence-electron chi connectivity index (χ0n) is 17.8. The predicted octanol–water partition coefficient (Wildman–Crippen LogP) is 7.22. The summed E-state index contributed by atoms with van der Waals surface area (Å²) in [5, 5.41) is 8.92. The van der Waals surface area contributed by atoms with E-state index in [-0.39, 0.29) is 0 Å². The molecule has 1 aliphatic rings. The quantitative estimate of drug-likeness (QED) is 0.537. The molecule has 1 aliphatic carbocycles. The van der Waals surface area contributed by atoms with E-state index in [2.05, 4.69) is 25.5 Å². The SMILES string of the molecule is CC.CC.CCCc1ccc(O)cc1.CCSNC1CCCC[C@@H]1C. The van der Waals surface area contributed by atoms with Crippen molar-refractivity contribution in [2.45, 2.75) is 93.0 Å². The number of aromatic hydroxyl groups is 1. The van der Waals surface area contributed by atoms with Crippen LogP contribution in [0, 0.1) is 5.92 Å². The lowest BCUT2D eigenvalue weighted by Crippen LogP contribution is -2.33. The van der Waals surface area contributed by atoms with Crippen molar-refractivity contribution in [1.29, 1.82) is 0 Å². The van der Waals surface area contributed by atoms with Gasteiger partial charge in [0.2, 0.25) is 0 Å². The minimum absolute atomic E-state index is 0.347. The molecule has 0 aliphatic heterocycles. The van der Waals surface area contributed by atoms with E-state index < -0.39 is 0 Å². The number of aryl methyl sites for hydroxylation is 1. The maximum atomic E-state index is 8.92. The first-order valence-electron chi connectivity index (χ1n) is 10.3. The van der Waals surface area contributed by atoms with Crippen LogP contribution >= 0.6 is 11.9 Å². The van der Waals surface area contributed by atoms with Crippen LogP contribution in [0.5, 0.6) is 5.75 Å². The molecule has 2 atom stereocenters. The highest BCUT2D eigenvalue weighted by Gasteiger charge is 2.20. The van der Waals surface area contributed by atoms with E-state index >= 15 is 0 Å². The van der Waals surface area contributed by atoms with Crippen molar-refractivity contribution in [3.63, 3.8) is 0 Å². The van der Waals surface area contributed by atoms with E-state index in [1.165, 1.54) is 37.0 Å². The van der Waals surface area contributed by atoms with Crippen molar-refractivity contribution in [3.8, 4) is 5.75 Å². The first-order chi connectivity index (χ1) is 12.2. The fourth-order valence-electron chi connectivity index (χ4n) is 2.63. The normalized spacial score (nSPS) is 18.5. The highest BCUT2D eigenvalue weighted by atomic mass is 32.2. The molecule has 25 heavy (non-hydrogen) atoms. The van der Waals surface area contributed by atoms with E-state index in [4.69, 9.17) is 5.11 Å². The number of rotatable bonds is 5. The van der Waals surface area contributed by atoms with Crippen LogP contribution in [-0.2, 0) is 6.42 Å². The Hall–Kier alpha value is -0.670. The summed E-state index contributed by atoms with van der Waals surface area (Å²) in [4.78, 5) is 0. The lowest BCUT2D eigenvalue weighted by Gasteiger charge is -2.28. The predicted molar refractivity (Wildman–Crippen MR) is 117 cm³/mol. The van der Waals surface area contributed by atoms with Gasteiger partial charge in [-0.2, -0.15) is 0 Å². The van der Waals surface area contributed by atoms with Gasteiger partial charge < -0.3 is 5.11 Å². The molecule has 0 radical (unpaired) electrons. The lowest BCUT2D eigenvalue weighted by atomic mass is 9.87. The summed E-state index contributed by atoms with van der Waals surface area (Å²) in [7, 11) is 0. The first-order valence-corrected chi connectivity index (χ1v) is 11.3. The van der Waals surface area contributed by atoms with Crippen LogP contribution in [0.2, 0.25) is 0 Å². The molecule has 2 rings (SSSR count). The van der Waals surface area contributed by atoms with Crippen LogP contribution in [-0.4, -0.2) is 16.9 Å². The van der Waals surface area contributed by atoms with Crippen molar-refractivity contribution in [2.75, 3.05) is 5.75 Å². The van der Waals surface area contributed by atoms with Crippen LogP contribution in [0.1, 0.15) is 86.1 Å². The van der Waals surface area contributed by atoms with Crippen LogP contribution in [0.3, 0.4) is 0 Å². The standard InChI is InChI=1S/C9H19NS.C9H12O.2C2H6/c1-3-11-10-9-7-5-4-6-8(9)2;1-2-3-8-4-6-9(10)7-5-8;2*1-2/h8-10H,3-7H2,1-2H3;4-7,10H,2-3H2,1H3;2*1-2H3/t8-,9?;;;/m0.../s1. The lowest BCUT2D eigenvalue weighted by molar-refractivity contribution is 0.316. The molecule has 0 bridgehead atoms. The maximum absolute atomic E-state index is 8.92. The third-order valence-corrected chi connectivity index (χ3v) is 4.72. The van der Waals surface area contributed by atoms with E-state index in [1.54, 1.807) is 12.1 Å². The zero-order valence-corrected chi connectivity index (χ0v) is 18.6. The van der Waals surface area contributed by atoms with E-state index in [0.717, 1.165) is 24.8 Å². The van der Waals surface area contributed by atoms with Crippen molar-refractivity contribution in [3.05, 3.63) is 29.8 Å². The second-order valence-corrected chi connectivity index (χ2v) is 6.94. The summed E-state index contributed by atoms with van der Waals surface area (Å²) < 4.78 is 3.54. The van der Waals surface area contributed by atoms with Gasteiger partial charge in [0.1, 0.15) is 5.75 Å². The number of nitrogens with one attached hydrogen (secondary N) is 1. The summed E-state index contributed by atoms with van der Waals surface area (Å²) in [6, 6.07) is 8.15. The first kappa shape index (κ1) is 26.6. The fraction of sp³-hybridized carbons (Fsp3) is 0.727. The summed E-state index contributed by atoms with van der Waals surface area (Å²) >= 11 is 1.87. The molecule has 1 saturated carbocycles. The Labute approximate surface area is 162 Å². The molecule has 2 N–H and O–H groups in total. The minimum atomic E-state index is 0.347. The Morgan fingerprint density at radius 3 is 2.04 bits per heavy atom. The molecule has 1 aromatic rings. The minimum Gasteiger partial charge on any atom is -0.508 e. The van der Waals surface area contributed by atoms with Gasteiger partial charge in [0, 0.05) is 11.8 Å². The van der Waals surface area contributed by atoms with Gasteiger partial charge in [-0.25, -0.2) is 0 Å². The summed E-state index contributed by atoms with van der Waals surface area (Å²) in [5.74, 6) is 2.42. The van der Waals surface area contributed by atoms with Gasteiger partial charge in [-0.15, -0.1) is 0 Å². The highest BCUT2D eigenvalue weighted by Crippen LogP contribution is 2.24. The van der Waals surface area contributed by atoms with Crippen LogP contribution < -0.4 is 4.72 Å². The Kier molecular flexibility index (Phi) is 20.9. The molecule has 0 saturated heterocycles. The van der Waals surface area contributed by atoms with Crippen LogP contribution in [0.15, 0.2) is 24.3 Å². The largest absolute Gasteiger partial charge is 0.508 e. The third kappa shape index (κ3) is 14.2. The molecule has 1 fully saturated rings. The van der Waals surface area contributed by atoms with Crippen molar-refractivity contribution in [1.82, 2.24) is 4.72 Å². The van der Waals surface area contributed by atoms with Crippen LogP contribution in [0.4, 0.5) is 0 Å². The van der Waals surface area contributed by atoms with Crippen molar-refractivity contribution >= 4 is 11.9 Å². The molecule has 0 spiro atoms. The molecule has 0 aromatic heterocycles. The Balaban J connectivity index is 0.